The van der Waals surface area contributed by atoms with Crippen molar-refractivity contribution in [1.29, 1.82) is 0 Å². The Kier molecular flexibility index (Phi) is 3.91. The number of nitrogens with zero attached hydrogens (tertiary/aromatic N) is 2. The Labute approximate surface area is 115 Å². The molecule has 106 valence electrons. The van der Waals surface area contributed by atoms with Crippen LogP contribution in [0.25, 0.3) is 0 Å². The lowest BCUT2D eigenvalue weighted by Gasteiger charge is -2.31. The summed E-state index contributed by atoms with van der Waals surface area (Å²) in [5.41, 5.74) is 1.29. The van der Waals surface area contributed by atoms with Crippen molar-refractivity contribution in [3.05, 3.63) is 23.2 Å². The van der Waals surface area contributed by atoms with E-state index in [1.54, 1.807) is 0 Å². The number of piperazine rings is 1. The first-order valence-electron chi connectivity index (χ1n) is 7.43. The molecule has 1 aromatic rings. The highest BCUT2D eigenvalue weighted by Gasteiger charge is 2.21. The van der Waals surface area contributed by atoms with Crippen molar-refractivity contribution in [3.8, 4) is 0 Å². The standard InChI is InChI=1S/C15H25N3O/c1-12-9-14(11-18-7-5-17(2)6-8-18)19-15(12)10-16-13-3-4-13/h9,13,16H,3-8,10-11H2,1-2H3. The Morgan fingerprint density at radius 1 is 1.26 bits per heavy atom. The summed E-state index contributed by atoms with van der Waals surface area (Å²) in [6.45, 7) is 8.61. The van der Waals surface area contributed by atoms with Crippen LogP contribution in [0.4, 0.5) is 0 Å². The van der Waals surface area contributed by atoms with Gasteiger partial charge in [0.15, 0.2) is 0 Å². The van der Waals surface area contributed by atoms with E-state index in [1.807, 2.05) is 0 Å². The molecule has 1 saturated heterocycles. The molecular formula is C15H25N3O. The van der Waals surface area contributed by atoms with Crippen molar-refractivity contribution in [2.45, 2.75) is 38.9 Å². The monoisotopic (exact) mass is 263 g/mol. The summed E-state index contributed by atoms with van der Waals surface area (Å²) in [5, 5.41) is 3.52. The molecule has 1 aromatic heterocycles. The number of hydrogen-bond acceptors (Lipinski definition) is 4. The van der Waals surface area contributed by atoms with E-state index in [4.69, 9.17) is 4.42 Å². The third-order valence-corrected chi connectivity index (χ3v) is 4.18. The van der Waals surface area contributed by atoms with E-state index in [1.165, 1.54) is 18.4 Å². The molecule has 0 unspecified atom stereocenters. The summed E-state index contributed by atoms with van der Waals surface area (Å²) in [6.07, 6.45) is 2.65. The van der Waals surface area contributed by atoms with Crippen LogP contribution >= 0.6 is 0 Å². The van der Waals surface area contributed by atoms with Crippen LogP contribution in [0.3, 0.4) is 0 Å². The zero-order chi connectivity index (χ0) is 13.2. The predicted molar refractivity (Wildman–Crippen MR) is 76.1 cm³/mol. The average molecular weight is 263 g/mol. The molecule has 2 heterocycles. The normalized spacial score (nSPS) is 22.0. The molecule has 1 saturated carbocycles. The van der Waals surface area contributed by atoms with Gasteiger partial charge in [0, 0.05) is 32.2 Å². The largest absolute Gasteiger partial charge is 0.463 e. The van der Waals surface area contributed by atoms with Crippen LogP contribution in [-0.4, -0.2) is 49.1 Å². The first kappa shape index (κ1) is 13.2. The van der Waals surface area contributed by atoms with Gasteiger partial charge in [-0.2, -0.15) is 0 Å². The maximum atomic E-state index is 6.00. The molecule has 1 N–H and O–H groups in total. The average Bonchev–Trinajstić information content (AvgIpc) is 3.15. The molecule has 0 aromatic carbocycles. The van der Waals surface area contributed by atoms with Crippen LogP contribution < -0.4 is 5.32 Å². The zero-order valence-electron chi connectivity index (χ0n) is 12.1. The Bertz CT molecular complexity index is 417. The van der Waals surface area contributed by atoms with E-state index in [0.717, 1.165) is 56.8 Å². The van der Waals surface area contributed by atoms with Gasteiger partial charge in [0.05, 0.1) is 13.1 Å². The van der Waals surface area contributed by atoms with Crippen LogP contribution in [0, 0.1) is 6.92 Å². The number of nitrogens with one attached hydrogen (secondary N) is 1. The minimum atomic E-state index is 0.741. The predicted octanol–water partition coefficient (Wildman–Crippen LogP) is 1.59. The van der Waals surface area contributed by atoms with Crippen molar-refractivity contribution in [3.63, 3.8) is 0 Å². The first-order chi connectivity index (χ1) is 9.20. The summed E-state index contributed by atoms with van der Waals surface area (Å²) < 4.78 is 6.00. The first-order valence-corrected chi connectivity index (χ1v) is 7.43. The van der Waals surface area contributed by atoms with E-state index >= 15 is 0 Å². The van der Waals surface area contributed by atoms with Gasteiger partial charge in [0.2, 0.25) is 0 Å². The lowest BCUT2D eigenvalue weighted by atomic mass is 10.2. The SMILES string of the molecule is Cc1cc(CN2CCN(C)CC2)oc1CNC1CC1. The maximum absolute atomic E-state index is 6.00. The van der Waals surface area contributed by atoms with Crippen LogP contribution in [0.1, 0.15) is 29.9 Å². The van der Waals surface area contributed by atoms with E-state index in [2.05, 4.69) is 35.2 Å². The molecule has 1 aliphatic heterocycles. The van der Waals surface area contributed by atoms with Gasteiger partial charge in [0.1, 0.15) is 11.5 Å². The fraction of sp³-hybridized carbons (Fsp3) is 0.733. The number of furan rings is 1. The van der Waals surface area contributed by atoms with Crippen LogP contribution in [0.5, 0.6) is 0 Å². The smallest absolute Gasteiger partial charge is 0.120 e. The van der Waals surface area contributed by atoms with E-state index in [9.17, 15) is 0 Å². The fourth-order valence-corrected chi connectivity index (χ4v) is 2.59. The molecule has 19 heavy (non-hydrogen) atoms. The van der Waals surface area contributed by atoms with Crippen molar-refractivity contribution in [2.24, 2.45) is 0 Å². The van der Waals surface area contributed by atoms with Crippen molar-refractivity contribution < 1.29 is 4.42 Å². The summed E-state index contributed by atoms with van der Waals surface area (Å²) >= 11 is 0. The fourth-order valence-electron chi connectivity index (χ4n) is 2.59. The van der Waals surface area contributed by atoms with E-state index in [0.29, 0.717) is 0 Å². The minimum Gasteiger partial charge on any atom is -0.463 e. The van der Waals surface area contributed by atoms with Crippen LogP contribution in [-0.2, 0) is 13.1 Å². The van der Waals surface area contributed by atoms with Gasteiger partial charge in [-0.3, -0.25) is 4.90 Å². The lowest BCUT2D eigenvalue weighted by Crippen LogP contribution is -2.43. The van der Waals surface area contributed by atoms with Crippen LogP contribution in [0.15, 0.2) is 10.5 Å². The van der Waals surface area contributed by atoms with Crippen molar-refractivity contribution in [1.82, 2.24) is 15.1 Å². The van der Waals surface area contributed by atoms with Gasteiger partial charge < -0.3 is 14.6 Å². The van der Waals surface area contributed by atoms with Crippen LogP contribution in [0.2, 0.25) is 0 Å². The van der Waals surface area contributed by atoms with Gasteiger partial charge in [-0.1, -0.05) is 0 Å². The molecule has 2 aliphatic rings. The van der Waals surface area contributed by atoms with Crippen molar-refractivity contribution in [2.75, 3.05) is 33.2 Å². The van der Waals surface area contributed by atoms with Crippen molar-refractivity contribution >= 4 is 0 Å². The Morgan fingerprint density at radius 2 is 2.00 bits per heavy atom. The van der Waals surface area contributed by atoms with Gasteiger partial charge in [-0.25, -0.2) is 0 Å². The third kappa shape index (κ3) is 3.59. The summed E-state index contributed by atoms with van der Waals surface area (Å²) in [4.78, 5) is 4.87. The molecule has 0 radical (unpaired) electrons. The Hall–Kier alpha value is -0.840. The number of aryl methyl sites for hydroxylation is 1. The molecular weight excluding hydrogens is 238 g/mol. The minimum absolute atomic E-state index is 0.741. The van der Waals surface area contributed by atoms with E-state index < -0.39 is 0 Å². The molecule has 0 bridgehead atoms. The molecule has 0 atom stereocenters. The molecule has 2 fully saturated rings. The molecule has 4 nitrogen and oxygen atoms in total. The summed E-state index contributed by atoms with van der Waals surface area (Å²) in [6, 6.07) is 2.95. The molecule has 4 heteroatoms. The second kappa shape index (κ2) is 5.65. The second-order valence-corrected chi connectivity index (χ2v) is 6.05. The quantitative estimate of drug-likeness (QED) is 0.874. The number of likely N-dealkylation sites (N-methyl/N-ethyl adjacent to an activating group) is 1. The molecule has 0 spiro atoms. The third-order valence-electron chi connectivity index (χ3n) is 4.18. The maximum Gasteiger partial charge on any atom is 0.120 e. The number of rotatable bonds is 5. The Balaban J connectivity index is 1.53. The molecule has 0 amide bonds. The summed E-state index contributed by atoms with van der Waals surface area (Å²) in [7, 11) is 2.19. The highest BCUT2D eigenvalue weighted by molar-refractivity contribution is 5.20. The molecule has 3 rings (SSSR count). The van der Waals surface area contributed by atoms with E-state index in [-0.39, 0.29) is 0 Å². The highest BCUT2D eigenvalue weighted by Crippen LogP contribution is 2.21. The second-order valence-electron chi connectivity index (χ2n) is 6.05. The van der Waals surface area contributed by atoms with Gasteiger partial charge >= 0.3 is 0 Å². The summed E-state index contributed by atoms with van der Waals surface area (Å²) in [5.74, 6) is 2.24. The number of hydrogen-bond donors (Lipinski definition) is 1. The van der Waals surface area contributed by atoms with Gasteiger partial charge in [-0.15, -0.1) is 0 Å². The lowest BCUT2D eigenvalue weighted by molar-refractivity contribution is 0.139. The van der Waals surface area contributed by atoms with Gasteiger partial charge in [-0.05, 0) is 38.4 Å². The topological polar surface area (TPSA) is 31.6 Å². The zero-order valence-corrected chi connectivity index (χ0v) is 12.1. The molecule has 1 aliphatic carbocycles. The Morgan fingerprint density at radius 3 is 2.68 bits per heavy atom. The highest BCUT2D eigenvalue weighted by atomic mass is 16.3. The van der Waals surface area contributed by atoms with Gasteiger partial charge in [0.25, 0.3) is 0 Å².